The number of nitrogens with one attached hydrogen (secondary N) is 1. The highest BCUT2D eigenvalue weighted by Gasteiger charge is 2.24. The van der Waals surface area contributed by atoms with Crippen LogP contribution in [-0.2, 0) is 0 Å². The molecule has 2 rings (SSSR count). The molecule has 1 amide bonds. The number of aliphatic hydroxyl groups excluding tert-OH is 1. The number of nitro benzene ring substituents is 1. The van der Waals surface area contributed by atoms with E-state index in [1.54, 1.807) is 0 Å². The van der Waals surface area contributed by atoms with Gasteiger partial charge in [-0.1, -0.05) is 23.2 Å². The van der Waals surface area contributed by atoms with Crippen molar-refractivity contribution in [1.29, 1.82) is 0 Å². The molecule has 114 valence electrons. The molecule has 0 aromatic heterocycles. The second kappa shape index (κ2) is 6.60. The molecule has 2 atom stereocenters. The van der Waals surface area contributed by atoms with E-state index in [0.29, 0.717) is 13.0 Å². The van der Waals surface area contributed by atoms with Gasteiger partial charge in [0, 0.05) is 18.2 Å². The molecule has 0 bridgehead atoms. The maximum absolute atomic E-state index is 12.0. The lowest BCUT2D eigenvalue weighted by atomic mass is 10.1. The van der Waals surface area contributed by atoms with E-state index in [4.69, 9.17) is 23.2 Å². The first kappa shape index (κ1) is 16.0. The van der Waals surface area contributed by atoms with E-state index in [1.165, 1.54) is 6.07 Å². The number of carbonyl (C=O) groups excluding carboxylic acids is 1. The smallest absolute Gasteiger partial charge is 0.290 e. The van der Waals surface area contributed by atoms with Gasteiger partial charge in [-0.25, -0.2) is 0 Å². The first-order valence-corrected chi connectivity index (χ1v) is 7.23. The molecule has 1 aromatic carbocycles. The van der Waals surface area contributed by atoms with Crippen molar-refractivity contribution in [1.82, 2.24) is 5.32 Å². The predicted octanol–water partition coefficient (Wildman–Crippen LogP) is 2.79. The van der Waals surface area contributed by atoms with Crippen LogP contribution in [0.25, 0.3) is 0 Å². The van der Waals surface area contributed by atoms with Gasteiger partial charge in [0.15, 0.2) is 0 Å². The first-order valence-electron chi connectivity index (χ1n) is 6.48. The number of hydrogen-bond donors (Lipinski definition) is 2. The molecule has 1 aliphatic carbocycles. The van der Waals surface area contributed by atoms with E-state index in [-0.39, 0.29) is 27.6 Å². The Morgan fingerprint density at radius 1 is 1.43 bits per heavy atom. The van der Waals surface area contributed by atoms with Crippen molar-refractivity contribution >= 4 is 34.8 Å². The molecule has 1 fully saturated rings. The highest BCUT2D eigenvalue weighted by molar-refractivity contribution is 6.43. The molecule has 8 heteroatoms. The second-order valence-electron chi connectivity index (χ2n) is 5.09. The minimum atomic E-state index is -0.682. The number of amides is 1. The molecule has 2 unspecified atom stereocenters. The third-order valence-corrected chi connectivity index (χ3v) is 4.32. The number of nitro groups is 1. The van der Waals surface area contributed by atoms with E-state index in [0.717, 1.165) is 18.9 Å². The zero-order chi connectivity index (χ0) is 15.6. The van der Waals surface area contributed by atoms with Gasteiger partial charge in [0.05, 0.1) is 16.0 Å². The van der Waals surface area contributed by atoms with Crippen molar-refractivity contribution in [2.45, 2.75) is 25.4 Å². The van der Waals surface area contributed by atoms with Gasteiger partial charge in [-0.05, 0) is 31.2 Å². The summed E-state index contributed by atoms with van der Waals surface area (Å²) in [6.07, 6.45) is 1.93. The summed E-state index contributed by atoms with van der Waals surface area (Å²) in [6, 6.07) is 2.41. The van der Waals surface area contributed by atoms with Crippen molar-refractivity contribution in [2.24, 2.45) is 5.92 Å². The molecule has 0 aliphatic heterocycles. The summed E-state index contributed by atoms with van der Waals surface area (Å²) in [5.41, 5.74) is -0.305. The summed E-state index contributed by atoms with van der Waals surface area (Å²) in [6.45, 7) is 0.421. The fraction of sp³-hybridized carbons (Fsp3) is 0.462. The van der Waals surface area contributed by atoms with Gasteiger partial charge in [0.2, 0.25) is 0 Å². The summed E-state index contributed by atoms with van der Waals surface area (Å²) in [4.78, 5) is 22.2. The summed E-state index contributed by atoms with van der Waals surface area (Å²) in [7, 11) is 0. The molecule has 0 saturated heterocycles. The monoisotopic (exact) mass is 332 g/mol. The summed E-state index contributed by atoms with van der Waals surface area (Å²) in [5.74, 6) is -0.222. The molecular weight excluding hydrogens is 319 g/mol. The quantitative estimate of drug-likeness (QED) is 0.654. The number of halogens is 2. The molecule has 1 aromatic rings. The van der Waals surface area contributed by atoms with Gasteiger partial charge in [-0.15, -0.1) is 0 Å². The van der Waals surface area contributed by atoms with Gasteiger partial charge < -0.3 is 10.4 Å². The Kier molecular flexibility index (Phi) is 5.03. The van der Waals surface area contributed by atoms with E-state index < -0.39 is 16.5 Å². The molecule has 0 heterocycles. The van der Waals surface area contributed by atoms with Crippen LogP contribution in [0.5, 0.6) is 0 Å². The Morgan fingerprint density at radius 2 is 2.14 bits per heavy atom. The van der Waals surface area contributed by atoms with Crippen LogP contribution in [0.1, 0.15) is 29.6 Å². The second-order valence-corrected chi connectivity index (χ2v) is 5.88. The average Bonchev–Trinajstić information content (AvgIpc) is 2.84. The van der Waals surface area contributed by atoms with Crippen LogP contribution in [0.4, 0.5) is 5.69 Å². The maximum atomic E-state index is 12.0. The van der Waals surface area contributed by atoms with Gasteiger partial charge in [0.25, 0.3) is 11.6 Å². The topological polar surface area (TPSA) is 92.5 Å². The van der Waals surface area contributed by atoms with Gasteiger partial charge in [-0.3, -0.25) is 14.9 Å². The minimum absolute atomic E-state index is 0.0349. The van der Waals surface area contributed by atoms with Crippen molar-refractivity contribution in [2.75, 3.05) is 6.54 Å². The molecule has 21 heavy (non-hydrogen) atoms. The maximum Gasteiger partial charge on any atom is 0.290 e. The molecule has 1 saturated carbocycles. The van der Waals surface area contributed by atoms with Gasteiger partial charge in [0.1, 0.15) is 5.02 Å². The van der Waals surface area contributed by atoms with Crippen LogP contribution in [-0.4, -0.2) is 28.6 Å². The number of hydrogen-bond acceptors (Lipinski definition) is 4. The Balaban J connectivity index is 2.07. The van der Waals surface area contributed by atoms with Crippen molar-refractivity contribution < 1.29 is 14.8 Å². The van der Waals surface area contributed by atoms with Gasteiger partial charge in [-0.2, -0.15) is 0 Å². The lowest BCUT2D eigenvalue weighted by Gasteiger charge is -2.11. The van der Waals surface area contributed by atoms with Crippen LogP contribution in [0.15, 0.2) is 12.1 Å². The average molecular weight is 333 g/mol. The third-order valence-electron chi connectivity index (χ3n) is 3.53. The zero-order valence-corrected chi connectivity index (χ0v) is 12.5. The highest BCUT2D eigenvalue weighted by Crippen LogP contribution is 2.33. The standard InChI is InChI=1S/C13H14Cl2N2O4/c14-10-4-8(5-11(12(10)15)17(20)21)13(19)16-6-7-1-2-9(18)3-7/h4-5,7,9,18H,1-3,6H2,(H,16,19). The molecule has 6 nitrogen and oxygen atoms in total. The van der Waals surface area contributed by atoms with Gasteiger partial charge >= 0.3 is 0 Å². The molecule has 0 radical (unpaired) electrons. The van der Waals surface area contributed by atoms with E-state index >= 15 is 0 Å². The van der Waals surface area contributed by atoms with Crippen LogP contribution in [0.3, 0.4) is 0 Å². The van der Waals surface area contributed by atoms with Crippen molar-refractivity contribution in [3.63, 3.8) is 0 Å². The van der Waals surface area contributed by atoms with Crippen molar-refractivity contribution in [3.05, 3.63) is 37.9 Å². The largest absolute Gasteiger partial charge is 0.393 e. The molecule has 2 N–H and O–H groups in total. The normalized spacial score (nSPS) is 21.3. The Hall–Kier alpha value is -1.37. The Morgan fingerprint density at radius 3 is 2.71 bits per heavy atom. The van der Waals surface area contributed by atoms with Crippen LogP contribution in [0.2, 0.25) is 10.0 Å². The zero-order valence-electron chi connectivity index (χ0n) is 11.0. The highest BCUT2D eigenvalue weighted by atomic mass is 35.5. The van der Waals surface area contributed by atoms with Crippen LogP contribution < -0.4 is 5.32 Å². The van der Waals surface area contributed by atoms with E-state index in [1.807, 2.05) is 0 Å². The van der Waals surface area contributed by atoms with Crippen molar-refractivity contribution in [3.8, 4) is 0 Å². The number of aliphatic hydroxyl groups is 1. The van der Waals surface area contributed by atoms with Crippen LogP contribution >= 0.6 is 23.2 Å². The summed E-state index contributed by atoms with van der Waals surface area (Å²) >= 11 is 11.5. The SMILES string of the molecule is O=C(NCC1CCC(O)C1)c1cc(Cl)c(Cl)c([N+](=O)[O-])c1. The molecule has 1 aliphatic rings. The lowest BCUT2D eigenvalue weighted by Crippen LogP contribution is -2.28. The fourth-order valence-electron chi connectivity index (χ4n) is 2.41. The Labute approximate surface area is 131 Å². The number of rotatable bonds is 4. The molecule has 0 spiro atoms. The third kappa shape index (κ3) is 3.84. The number of nitrogens with zero attached hydrogens (tertiary/aromatic N) is 1. The lowest BCUT2D eigenvalue weighted by molar-refractivity contribution is -0.384. The Bertz CT molecular complexity index is 580. The summed E-state index contributed by atoms with van der Waals surface area (Å²) < 4.78 is 0. The first-order chi connectivity index (χ1) is 9.88. The van der Waals surface area contributed by atoms with E-state index in [2.05, 4.69) is 5.32 Å². The number of benzene rings is 1. The predicted molar refractivity (Wildman–Crippen MR) is 78.8 cm³/mol. The number of carbonyl (C=O) groups is 1. The fourth-order valence-corrected chi connectivity index (χ4v) is 2.80. The minimum Gasteiger partial charge on any atom is -0.393 e. The molecular formula is C13H14Cl2N2O4. The van der Waals surface area contributed by atoms with Crippen LogP contribution in [0, 0.1) is 16.0 Å². The summed E-state index contributed by atoms with van der Waals surface area (Å²) in [5, 5.41) is 22.8. The van der Waals surface area contributed by atoms with E-state index in [9.17, 15) is 20.0 Å².